The number of thioether (sulfide) groups is 1. The lowest BCUT2D eigenvalue weighted by molar-refractivity contribution is -0.384. The van der Waals surface area contributed by atoms with Crippen LogP contribution in [0.15, 0.2) is 71.8 Å². The number of nitro benzene ring substituents is 1. The van der Waals surface area contributed by atoms with E-state index in [4.69, 9.17) is 12.2 Å². The Kier molecular flexibility index (Phi) is 5.61. The van der Waals surface area contributed by atoms with Crippen LogP contribution in [0.4, 0.5) is 24.5 Å². The number of anilines is 1. The molecule has 0 unspecified atom stereocenters. The molecule has 0 aliphatic carbocycles. The molecule has 3 aromatic rings. The lowest BCUT2D eigenvalue weighted by atomic mass is 10.2. The molecule has 1 aromatic heterocycles. The van der Waals surface area contributed by atoms with Crippen molar-refractivity contribution in [2.24, 2.45) is 0 Å². The van der Waals surface area contributed by atoms with Gasteiger partial charge < -0.3 is 4.57 Å². The van der Waals surface area contributed by atoms with Crippen molar-refractivity contribution in [3.05, 3.63) is 93.1 Å². The molecule has 162 valence electrons. The predicted molar refractivity (Wildman–Crippen MR) is 120 cm³/mol. The highest BCUT2D eigenvalue weighted by molar-refractivity contribution is 8.27. The maximum Gasteiger partial charge on any atom is 0.416 e. The standard InChI is InChI=1S/C21H12F3N3O3S2/c22-21(23,24)13-4-1-6-16(10-13)26-19(28)18(32-20(26)31)12-15-8-3-9-25(15)14-5-2-7-17(11-14)27(29)30/h1-12H. The molecule has 1 aliphatic rings. The van der Waals surface area contributed by atoms with Gasteiger partial charge in [-0.2, -0.15) is 13.2 Å². The van der Waals surface area contributed by atoms with Gasteiger partial charge in [-0.3, -0.25) is 19.8 Å². The van der Waals surface area contributed by atoms with Gasteiger partial charge in [-0.25, -0.2) is 0 Å². The Morgan fingerprint density at radius 1 is 1.03 bits per heavy atom. The highest BCUT2D eigenvalue weighted by atomic mass is 32.2. The van der Waals surface area contributed by atoms with Gasteiger partial charge >= 0.3 is 6.18 Å². The van der Waals surface area contributed by atoms with E-state index in [2.05, 4.69) is 0 Å². The number of thiocarbonyl (C=S) groups is 1. The second-order valence-corrected chi connectivity index (χ2v) is 8.32. The Hall–Kier alpha value is -3.44. The monoisotopic (exact) mass is 475 g/mol. The van der Waals surface area contributed by atoms with Gasteiger partial charge in [0.2, 0.25) is 0 Å². The number of non-ortho nitro benzene ring substituents is 1. The molecule has 4 rings (SSSR count). The number of amides is 1. The first-order chi connectivity index (χ1) is 15.1. The van der Waals surface area contributed by atoms with Gasteiger partial charge in [-0.1, -0.05) is 36.1 Å². The van der Waals surface area contributed by atoms with E-state index in [9.17, 15) is 28.1 Å². The summed E-state index contributed by atoms with van der Waals surface area (Å²) in [6, 6.07) is 13.8. The van der Waals surface area contributed by atoms with Crippen molar-refractivity contribution in [3.63, 3.8) is 0 Å². The third-order valence-corrected chi connectivity index (χ3v) is 5.91. The first-order valence-electron chi connectivity index (χ1n) is 9.02. The van der Waals surface area contributed by atoms with Crippen LogP contribution in [0.1, 0.15) is 11.3 Å². The van der Waals surface area contributed by atoms with Crippen LogP contribution in [0.5, 0.6) is 0 Å². The fraction of sp³-hybridized carbons (Fsp3) is 0.0476. The van der Waals surface area contributed by atoms with E-state index in [1.54, 1.807) is 41.1 Å². The molecule has 2 aromatic carbocycles. The molecule has 2 heterocycles. The van der Waals surface area contributed by atoms with Crippen molar-refractivity contribution in [1.82, 2.24) is 4.57 Å². The average Bonchev–Trinajstić information content (AvgIpc) is 3.32. The summed E-state index contributed by atoms with van der Waals surface area (Å²) in [6.45, 7) is 0. The summed E-state index contributed by atoms with van der Waals surface area (Å²) < 4.78 is 41.0. The maximum atomic E-state index is 13.1. The van der Waals surface area contributed by atoms with Crippen LogP contribution in [-0.4, -0.2) is 19.7 Å². The molecule has 11 heteroatoms. The molecule has 0 spiro atoms. The number of carbonyl (C=O) groups excluding carboxylic acids is 1. The van der Waals surface area contributed by atoms with Crippen molar-refractivity contribution < 1.29 is 22.9 Å². The predicted octanol–water partition coefficient (Wildman–Crippen LogP) is 5.81. The van der Waals surface area contributed by atoms with Crippen LogP contribution in [0.2, 0.25) is 0 Å². The van der Waals surface area contributed by atoms with Crippen molar-refractivity contribution in [2.75, 3.05) is 4.90 Å². The van der Waals surface area contributed by atoms with Crippen LogP contribution in [0, 0.1) is 10.1 Å². The summed E-state index contributed by atoms with van der Waals surface area (Å²) in [6.07, 6.45) is -1.32. The molecule has 0 atom stereocenters. The minimum absolute atomic E-state index is 0.0276. The summed E-state index contributed by atoms with van der Waals surface area (Å²) in [7, 11) is 0. The largest absolute Gasteiger partial charge is 0.416 e. The zero-order valence-corrected chi connectivity index (χ0v) is 17.6. The lowest BCUT2D eigenvalue weighted by Crippen LogP contribution is -2.27. The van der Waals surface area contributed by atoms with Crippen molar-refractivity contribution in [3.8, 4) is 5.69 Å². The molecule has 0 saturated carbocycles. The molecule has 1 fully saturated rings. The fourth-order valence-electron chi connectivity index (χ4n) is 3.15. The number of carbonyl (C=O) groups is 1. The summed E-state index contributed by atoms with van der Waals surface area (Å²) in [5, 5.41) is 11.1. The Labute approximate surface area is 189 Å². The number of alkyl halides is 3. The van der Waals surface area contributed by atoms with E-state index < -0.39 is 22.6 Å². The van der Waals surface area contributed by atoms with Gasteiger partial charge in [0.1, 0.15) is 0 Å². The van der Waals surface area contributed by atoms with E-state index in [-0.39, 0.29) is 20.6 Å². The zero-order chi connectivity index (χ0) is 23.0. The average molecular weight is 475 g/mol. The highest BCUT2D eigenvalue weighted by Gasteiger charge is 2.36. The smallest absolute Gasteiger partial charge is 0.317 e. The second kappa shape index (κ2) is 8.24. The Morgan fingerprint density at radius 3 is 2.47 bits per heavy atom. The third kappa shape index (κ3) is 4.16. The molecular formula is C21H12F3N3O3S2. The number of hydrogen-bond donors (Lipinski definition) is 0. The van der Waals surface area contributed by atoms with E-state index >= 15 is 0 Å². The number of halogens is 3. The highest BCUT2D eigenvalue weighted by Crippen LogP contribution is 2.38. The van der Waals surface area contributed by atoms with Crippen molar-refractivity contribution >= 4 is 51.7 Å². The van der Waals surface area contributed by atoms with Crippen molar-refractivity contribution in [2.45, 2.75) is 6.18 Å². The van der Waals surface area contributed by atoms with E-state index in [1.165, 1.54) is 24.3 Å². The lowest BCUT2D eigenvalue weighted by Gasteiger charge is -2.16. The SMILES string of the molecule is O=C1C(=Cc2cccn2-c2cccc([N+](=O)[O-])c2)SC(=S)N1c1cccc(C(F)(F)F)c1. The summed E-state index contributed by atoms with van der Waals surface area (Å²) in [5.41, 5.74) is 0.129. The summed E-state index contributed by atoms with van der Waals surface area (Å²) in [5.74, 6) is -0.550. The molecule has 1 aliphatic heterocycles. The molecule has 6 nitrogen and oxygen atoms in total. The maximum absolute atomic E-state index is 13.1. The number of nitro groups is 1. The molecule has 0 N–H and O–H groups in total. The van der Waals surface area contributed by atoms with Gasteiger partial charge in [-0.05, 0) is 42.5 Å². The quantitative estimate of drug-likeness (QED) is 0.206. The first-order valence-corrected chi connectivity index (χ1v) is 10.2. The number of nitrogens with zero attached hydrogens (tertiary/aromatic N) is 3. The van der Waals surface area contributed by atoms with E-state index in [1.807, 2.05) is 0 Å². The number of benzene rings is 2. The number of hydrogen-bond acceptors (Lipinski definition) is 5. The van der Waals surface area contributed by atoms with Gasteiger partial charge in [0.25, 0.3) is 11.6 Å². The van der Waals surface area contributed by atoms with Crippen LogP contribution in [0.3, 0.4) is 0 Å². The minimum atomic E-state index is -4.55. The van der Waals surface area contributed by atoms with E-state index in [0.29, 0.717) is 11.4 Å². The normalized spacial score (nSPS) is 15.6. The molecule has 32 heavy (non-hydrogen) atoms. The van der Waals surface area contributed by atoms with Gasteiger partial charge in [0.15, 0.2) is 4.32 Å². The molecule has 0 radical (unpaired) electrons. The Bertz CT molecular complexity index is 1280. The fourth-order valence-corrected chi connectivity index (χ4v) is 4.43. The number of rotatable bonds is 4. The topological polar surface area (TPSA) is 68.4 Å². The number of aromatic nitrogens is 1. The Morgan fingerprint density at radius 2 is 1.75 bits per heavy atom. The van der Waals surface area contributed by atoms with Gasteiger partial charge in [0, 0.05) is 24.0 Å². The third-order valence-electron chi connectivity index (χ3n) is 4.60. The first kappa shape index (κ1) is 21.8. The molecular weight excluding hydrogens is 463 g/mol. The van der Waals surface area contributed by atoms with E-state index in [0.717, 1.165) is 28.8 Å². The van der Waals surface area contributed by atoms with Crippen molar-refractivity contribution in [1.29, 1.82) is 0 Å². The zero-order valence-electron chi connectivity index (χ0n) is 15.9. The van der Waals surface area contributed by atoms with Crippen LogP contribution < -0.4 is 4.90 Å². The Balaban J connectivity index is 1.68. The summed E-state index contributed by atoms with van der Waals surface area (Å²) >= 11 is 6.21. The minimum Gasteiger partial charge on any atom is -0.317 e. The second-order valence-electron chi connectivity index (χ2n) is 6.65. The molecule has 0 bridgehead atoms. The molecule has 1 amide bonds. The summed E-state index contributed by atoms with van der Waals surface area (Å²) in [4.78, 5) is 24.8. The van der Waals surface area contributed by atoms with Gasteiger partial charge in [0.05, 0.1) is 26.8 Å². The van der Waals surface area contributed by atoms with Gasteiger partial charge in [-0.15, -0.1) is 0 Å². The molecule has 1 saturated heterocycles. The van der Waals surface area contributed by atoms with Crippen LogP contribution >= 0.6 is 24.0 Å². The van der Waals surface area contributed by atoms with Crippen LogP contribution in [-0.2, 0) is 11.0 Å². The van der Waals surface area contributed by atoms with Crippen LogP contribution in [0.25, 0.3) is 11.8 Å².